The molecule has 0 fully saturated rings. The predicted octanol–water partition coefficient (Wildman–Crippen LogP) is 3.21. The van der Waals surface area contributed by atoms with Gasteiger partial charge in [0.25, 0.3) is 0 Å². The van der Waals surface area contributed by atoms with Crippen molar-refractivity contribution >= 4 is 39.1 Å². The van der Waals surface area contributed by atoms with Gasteiger partial charge < -0.3 is 0 Å². The number of hydrogen-bond acceptors (Lipinski definition) is 0. The number of halogens is 3. The first-order chi connectivity index (χ1) is 4.16. The molecule has 2 atom stereocenters. The van der Waals surface area contributed by atoms with Crippen LogP contribution in [0.4, 0.5) is 0 Å². The summed E-state index contributed by atoms with van der Waals surface area (Å²) >= 11 is 14.5. The molecule has 0 saturated heterocycles. The first-order valence-electron chi connectivity index (χ1n) is 2.84. The molecule has 0 aliphatic rings. The van der Waals surface area contributed by atoms with Gasteiger partial charge in [0, 0.05) is 16.1 Å². The second-order valence-corrected chi connectivity index (χ2v) is 4.15. The van der Waals surface area contributed by atoms with Crippen LogP contribution < -0.4 is 0 Å². The van der Waals surface area contributed by atoms with Crippen LogP contribution in [0.5, 0.6) is 0 Å². The minimum absolute atomic E-state index is 0.105. The van der Waals surface area contributed by atoms with E-state index in [1.807, 2.05) is 0 Å². The Morgan fingerprint density at radius 2 is 2.00 bits per heavy atom. The Balaban J connectivity index is 3.06. The molecule has 0 aliphatic carbocycles. The summed E-state index contributed by atoms with van der Waals surface area (Å²) in [7, 11) is 0. The SMILES string of the molecule is [CH2]C(Br)CCC(Cl)CCl. The largest absolute Gasteiger partial charge is 0.125 e. The van der Waals surface area contributed by atoms with E-state index in [0.717, 1.165) is 12.8 Å². The molecule has 2 unspecified atom stereocenters. The van der Waals surface area contributed by atoms with Gasteiger partial charge in [0.2, 0.25) is 0 Å². The van der Waals surface area contributed by atoms with Crippen molar-refractivity contribution in [2.75, 3.05) is 5.88 Å². The third-order valence-corrected chi connectivity index (χ3v) is 2.32. The van der Waals surface area contributed by atoms with Gasteiger partial charge in [-0.05, 0) is 19.8 Å². The summed E-state index contributed by atoms with van der Waals surface area (Å²) in [4.78, 5) is 0.307. The maximum Gasteiger partial charge on any atom is 0.0471 e. The van der Waals surface area contributed by atoms with E-state index < -0.39 is 0 Å². The zero-order chi connectivity index (χ0) is 7.28. The Morgan fingerprint density at radius 3 is 2.33 bits per heavy atom. The topological polar surface area (TPSA) is 0 Å². The lowest BCUT2D eigenvalue weighted by Crippen LogP contribution is -2.02. The molecule has 0 heterocycles. The zero-order valence-corrected chi connectivity index (χ0v) is 8.21. The molecule has 1 radical (unpaired) electrons. The Kier molecular flexibility index (Phi) is 6.50. The van der Waals surface area contributed by atoms with E-state index in [1.54, 1.807) is 0 Å². The van der Waals surface area contributed by atoms with Crippen LogP contribution in [-0.2, 0) is 0 Å². The molecule has 0 spiro atoms. The molecule has 0 nitrogen and oxygen atoms in total. The smallest absolute Gasteiger partial charge is 0.0471 e. The van der Waals surface area contributed by atoms with Crippen LogP contribution in [-0.4, -0.2) is 16.1 Å². The average molecular weight is 233 g/mol. The van der Waals surface area contributed by atoms with Crippen LogP contribution in [0.15, 0.2) is 0 Å². The van der Waals surface area contributed by atoms with Gasteiger partial charge in [-0.1, -0.05) is 15.9 Å². The minimum atomic E-state index is 0.105. The molecule has 0 saturated carbocycles. The average Bonchev–Trinajstić information content (AvgIpc) is 1.83. The lowest BCUT2D eigenvalue weighted by atomic mass is 10.2. The van der Waals surface area contributed by atoms with Gasteiger partial charge in [-0.25, -0.2) is 0 Å². The summed E-state index contributed by atoms with van der Waals surface area (Å²) in [5, 5.41) is 0.105. The number of rotatable bonds is 4. The number of hydrogen-bond donors (Lipinski definition) is 0. The van der Waals surface area contributed by atoms with Gasteiger partial charge in [-0.3, -0.25) is 0 Å². The van der Waals surface area contributed by atoms with Crippen LogP contribution in [0.3, 0.4) is 0 Å². The highest BCUT2D eigenvalue weighted by atomic mass is 79.9. The first kappa shape index (κ1) is 10.1. The van der Waals surface area contributed by atoms with Gasteiger partial charge in [0.15, 0.2) is 0 Å². The summed E-state index contributed by atoms with van der Waals surface area (Å²) in [5.41, 5.74) is 0. The Hall–Kier alpha value is 1.06. The molecule has 0 aromatic carbocycles. The van der Waals surface area contributed by atoms with Crippen molar-refractivity contribution in [2.45, 2.75) is 23.0 Å². The van der Waals surface area contributed by atoms with Gasteiger partial charge in [-0.15, -0.1) is 23.2 Å². The standard InChI is InChI=1S/C6H10BrCl2/c1-5(7)2-3-6(9)4-8/h5-6H,1-4H2. The summed E-state index contributed by atoms with van der Waals surface area (Å²) in [6.07, 6.45) is 1.92. The Labute approximate surface area is 75.0 Å². The second kappa shape index (κ2) is 5.82. The Bertz CT molecular complexity index is 66.1. The maximum atomic E-state index is 5.73. The van der Waals surface area contributed by atoms with E-state index in [2.05, 4.69) is 22.9 Å². The van der Waals surface area contributed by atoms with E-state index in [0.29, 0.717) is 10.7 Å². The minimum Gasteiger partial charge on any atom is -0.125 e. The molecule has 55 valence electrons. The van der Waals surface area contributed by atoms with Crippen molar-refractivity contribution in [3.8, 4) is 0 Å². The normalized spacial score (nSPS) is 17.3. The van der Waals surface area contributed by atoms with Gasteiger partial charge in [0.05, 0.1) is 0 Å². The highest BCUT2D eigenvalue weighted by molar-refractivity contribution is 9.09. The van der Waals surface area contributed by atoms with Crippen molar-refractivity contribution < 1.29 is 0 Å². The third kappa shape index (κ3) is 6.95. The van der Waals surface area contributed by atoms with E-state index in [1.165, 1.54) is 0 Å². The van der Waals surface area contributed by atoms with E-state index in [4.69, 9.17) is 23.2 Å². The quantitative estimate of drug-likeness (QED) is 0.654. The van der Waals surface area contributed by atoms with Crippen LogP contribution in [0.1, 0.15) is 12.8 Å². The van der Waals surface area contributed by atoms with E-state index in [9.17, 15) is 0 Å². The van der Waals surface area contributed by atoms with Crippen molar-refractivity contribution in [1.29, 1.82) is 0 Å². The van der Waals surface area contributed by atoms with Crippen molar-refractivity contribution in [3.63, 3.8) is 0 Å². The van der Waals surface area contributed by atoms with Crippen molar-refractivity contribution in [2.24, 2.45) is 0 Å². The second-order valence-electron chi connectivity index (χ2n) is 1.93. The molecule has 0 aliphatic heterocycles. The fraction of sp³-hybridized carbons (Fsp3) is 0.833. The molecule has 9 heavy (non-hydrogen) atoms. The fourth-order valence-corrected chi connectivity index (χ4v) is 0.983. The first-order valence-corrected chi connectivity index (χ1v) is 4.72. The van der Waals surface area contributed by atoms with Crippen molar-refractivity contribution in [3.05, 3.63) is 6.92 Å². The van der Waals surface area contributed by atoms with Crippen LogP contribution in [0.25, 0.3) is 0 Å². The number of alkyl halides is 3. The van der Waals surface area contributed by atoms with Crippen LogP contribution in [0, 0.1) is 6.92 Å². The molecule has 0 amide bonds. The molecular formula is C6H10BrCl2. The van der Waals surface area contributed by atoms with Gasteiger partial charge in [0.1, 0.15) is 0 Å². The zero-order valence-electron chi connectivity index (χ0n) is 5.12. The maximum absolute atomic E-state index is 5.73. The van der Waals surface area contributed by atoms with Crippen molar-refractivity contribution in [1.82, 2.24) is 0 Å². The highest BCUT2D eigenvalue weighted by Gasteiger charge is 2.03. The lowest BCUT2D eigenvalue weighted by molar-refractivity contribution is 0.752. The highest BCUT2D eigenvalue weighted by Crippen LogP contribution is 2.12. The molecule has 0 aromatic heterocycles. The summed E-state index contributed by atoms with van der Waals surface area (Å²) in [6.45, 7) is 3.76. The summed E-state index contributed by atoms with van der Waals surface area (Å²) < 4.78 is 0. The van der Waals surface area contributed by atoms with Gasteiger partial charge in [-0.2, -0.15) is 0 Å². The van der Waals surface area contributed by atoms with E-state index in [-0.39, 0.29) is 5.38 Å². The molecule has 3 heteroatoms. The predicted molar refractivity (Wildman–Crippen MR) is 47.7 cm³/mol. The fourth-order valence-electron chi connectivity index (χ4n) is 0.439. The molecule has 0 rings (SSSR count). The summed E-state index contributed by atoms with van der Waals surface area (Å²) in [5.74, 6) is 0.529. The lowest BCUT2D eigenvalue weighted by Gasteiger charge is -2.05. The molecule has 0 aromatic rings. The van der Waals surface area contributed by atoms with Crippen LogP contribution >= 0.6 is 39.1 Å². The van der Waals surface area contributed by atoms with E-state index >= 15 is 0 Å². The molecular weight excluding hydrogens is 223 g/mol. The van der Waals surface area contributed by atoms with Gasteiger partial charge >= 0.3 is 0 Å². The summed E-state index contributed by atoms with van der Waals surface area (Å²) in [6, 6.07) is 0. The molecule has 0 N–H and O–H groups in total. The molecule has 0 bridgehead atoms. The van der Waals surface area contributed by atoms with Crippen LogP contribution in [0.2, 0.25) is 0 Å². The third-order valence-electron chi connectivity index (χ3n) is 0.961. The monoisotopic (exact) mass is 231 g/mol. The Morgan fingerprint density at radius 1 is 1.44 bits per heavy atom.